The van der Waals surface area contributed by atoms with Gasteiger partial charge in [0.15, 0.2) is 5.96 Å². The van der Waals surface area contributed by atoms with Crippen LogP contribution in [0.1, 0.15) is 31.2 Å². The number of benzene rings is 1. The Hall–Kier alpha value is -0.910. The molecule has 2 heterocycles. The highest BCUT2D eigenvalue weighted by molar-refractivity contribution is 14.0. The Morgan fingerprint density at radius 3 is 2.73 bits per heavy atom. The van der Waals surface area contributed by atoms with Crippen LogP contribution >= 0.6 is 24.0 Å². The van der Waals surface area contributed by atoms with Crippen LogP contribution in [-0.2, 0) is 21.2 Å². The topological polar surface area (TPSA) is 83.0 Å². The fourth-order valence-corrected chi connectivity index (χ4v) is 4.98. The summed E-state index contributed by atoms with van der Waals surface area (Å²) in [6.45, 7) is 3.32. The number of guanidine groups is 1. The molecule has 2 saturated heterocycles. The van der Waals surface area contributed by atoms with Crippen LogP contribution in [0.2, 0.25) is 0 Å². The van der Waals surface area contributed by atoms with Crippen molar-refractivity contribution in [2.24, 2.45) is 10.9 Å². The van der Waals surface area contributed by atoms with Gasteiger partial charge in [0, 0.05) is 39.8 Å². The predicted octanol–water partition coefficient (Wildman–Crippen LogP) is 2.23. The lowest BCUT2D eigenvalue weighted by atomic mass is 9.99. The van der Waals surface area contributed by atoms with Crippen LogP contribution in [0.5, 0.6) is 0 Å². The largest absolute Gasteiger partial charge is 0.377 e. The number of nitrogens with zero attached hydrogens (tertiary/aromatic N) is 2. The summed E-state index contributed by atoms with van der Waals surface area (Å²) in [7, 11) is -1.58. The molecule has 1 aromatic carbocycles. The van der Waals surface area contributed by atoms with Crippen LogP contribution in [0.15, 0.2) is 35.3 Å². The minimum Gasteiger partial charge on any atom is -0.377 e. The molecule has 30 heavy (non-hydrogen) atoms. The van der Waals surface area contributed by atoms with Crippen molar-refractivity contribution >= 4 is 40.0 Å². The molecule has 0 aliphatic carbocycles. The van der Waals surface area contributed by atoms with Crippen LogP contribution in [0.3, 0.4) is 0 Å². The Labute approximate surface area is 198 Å². The van der Waals surface area contributed by atoms with Gasteiger partial charge in [-0.2, -0.15) is 0 Å². The van der Waals surface area contributed by atoms with Crippen LogP contribution in [0.4, 0.5) is 0 Å². The number of sulfonamides is 1. The molecule has 0 bridgehead atoms. The fraction of sp³-hybridized carbons (Fsp3) is 0.667. The number of hydrogen-bond donors (Lipinski definition) is 2. The third-order valence-corrected chi connectivity index (χ3v) is 6.97. The Morgan fingerprint density at radius 2 is 2.03 bits per heavy atom. The van der Waals surface area contributed by atoms with Crippen molar-refractivity contribution in [2.45, 2.75) is 38.2 Å². The molecule has 0 amide bonds. The van der Waals surface area contributed by atoms with Gasteiger partial charge in [-0.25, -0.2) is 13.1 Å². The maximum absolute atomic E-state index is 12.3. The second-order valence-electron chi connectivity index (χ2n) is 7.92. The molecular formula is C21H35IN4O3S. The molecule has 2 aliphatic rings. The van der Waals surface area contributed by atoms with Gasteiger partial charge in [0.2, 0.25) is 10.0 Å². The van der Waals surface area contributed by atoms with E-state index < -0.39 is 10.0 Å². The van der Waals surface area contributed by atoms with Crippen LogP contribution < -0.4 is 10.0 Å². The van der Waals surface area contributed by atoms with Gasteiger partial charge in [-0.05, 0) is 43.6 Å². The minimum absolute atomic E-state index is 0. The van der Waals surface area contributed by atoms with Crippen molar-refractivity contribution in [1.82, 2.24) is 14.9 Å². The lowest BCUT2D eigenvalue weighted by Gasteiger charge is -2.23. The number of likely N-dealkylation sites (tertiary alicyclic amines) is 1. The van der Waals surface area contributed by atoms with E-state index in [1.807, 2.05) is 6.07 Å². The van der Waals surface area contributed by atoms with Crippen molar-refractivity contribution in [3.05, 3.63) is 35.9 Å². The first kappa shape index (κ1) is 25.4. The first-order valence-electron chi connectivity index (χ1n) is 10.6. The zero-order chi connectivity index (χ0) is 20.5. The smallest absolute Gasteiger partial charge is 0.213 e. The van der Waals surface area contributed by atoms with E-state index in [1.165, 1.54) is 5.56 Å². The van der Waals surface area contributed by atoms with Gasteiger partial charge in [-0.1, -0.05) is 30.3 Å². The summed E-state index contributed by atoms with van der Waals surface area (Å²) >= 11 is 0. The molecule has 1 aromatic rings. The SMILES string of the molecule is CN=C(NCCS(=O)(=O)NCC1CCCCO1)N1CCC(Cc2ccccc2)C1.I. The van der Waals surface area contributed by atoms with Crippen LogP contribution in [0, 0.1) is 5.92 Å². The lowest BCUT2D eigenvalue weighted by Crippen LogP contribution is -2.44. The van der Waals surface area contributed by atoms with E-state index in [0.717, 1.165) is 57.8 Å². The molecule has 0 spiro atoms. The molecule has 2 fully saturated rings. The van der Waals surface area contributed by atoms with Gasteiger partial charge in [0.1, 0.15) is 0 Å². The number of ether oxygens (including phenoxy) is 1. The second-order valence-corrected chi connectivity index (χ2v) is 9.85. The zero-order valence-corrected chi connectivity index (χ0v) is 20.9. The molecule has 3 rings (SSSR count). The van der Waals surface area contributed by atoms with Crippen molar-refractivity contribution < 1.29 is 13.2 Å². The monoisotopic (exact) mass is 550 g/mol. The molecule has 2 unspecified atom stereocenters. The van der Waals surface area contributed by atoms with Crippen molar-refractivity contribution in [2.75, 3.05) is 45.6 Å². The van der Waals surface area contributed by atoms with E-state index in [1.54, 1.807) is 7.05 Å². The van der Waals surface area contributed by atoms with Gasteiger partial charge < -0.3 is 15.0 Å². The van der Waals surface area contributed by atoms with E-state index in [2.05, 4.69) is 44.2 Å². The maximum Gasteiger partial charge on any atom is 0.213 e. The van der Waals surface area contributed by atoms with Gasteiger partial charge in [-0.3, -0.25) is 4.99 Å². The van der Waals surface area contributed by atoms with E-state index in [9.17, 15) is 8.42 Å². The molecule has 0 aromatic heterocycles. The highest BCUT2D eigenvalue weighted by Crippen LogP contribution is 2.20. The highest BCUT2D eigenvalue weighted by Gasteiger charge is 2.25. The molecule has 9 heteroatoms. The quantitative estimate of drug-likeness (QED) is 0.295. The fourth-order valence-electron chi connectivity index (χ4n) is 4.03. The number of rotatable bonds is 8. The molecule has 2 N–H and O–H groups in total. The molecular weight excluding hydrogens is 515 g/mol. The number of nitrogens with one attached hydrogen (secondary N) is 2. The summed E-state index contributed by atoms with van der Waals surface area (Å²) in [5.41, 5.74) is 1.36. The Balaban J connectivity index is 0.00000320. The van der Waals surface area contributed by atoms with Gasteiger partial charge in [-0.15, -0.1) is 24.0 Å². The lowest BCUT2D eigenvalue weighted by molar-refractivity contribution is 0.0200. The normalized spacial score (nSPS) is 22.6. The van der Waals surface area contributed by atoms with Gasteiger partial charge in [0.05, 0.1) is 11.9 Å². The summed E-state index contributed by atoms with van der Waals surface area (Å²) < 4.78 is 32.8. The van der Waals surface area contributed by atoms with Crippen LogP contribution in [0.25, 0.3) is 0 Å². The first-order valence-corrected chi connectivity index (χ1v) is 12.3. The molecule has 0 radical (unpaired) electrons. The zero-order valence-electron chi connectivity index (χ0n) is 17.8. The van der Waals surface area contributed by atoms with E-state index in [-0.39, 0.29) is 35.8 Å². The Bertz CT molecular complexity index is 755. The van der Waals surface area contributed by atoms with Crippen molar-refractivity contribution in [3.63, 3.8) is 0 Å². The van der Waals surface area contributed by atoms with Crippen molar-refractivity contribution in [3.8, 4) is 0 Å². The summed E-state index contributed by atoms with van der Waals surface area (Å²) in [5, 5.41) is 3.22. The molecule has 7 nitrogen and oxygen atoms in total. The maximum atomic E-state index is 12.3. The third kappa shape index (κ3) is 8.32. The molecule has 170 valence electrons. The Kier molecular flexibility index (Phi) is 10.8. The standard InChI is InChI=1S/C21H34N4O3S.HI/c1-22-21(25-12-10-19(17-25)15-18-7-3-2-4-8-18)23-11-14-29(26,27)24-16-20-9-5-6-13-28-20;/h2-4,7-8,19-20,24H,5-6,9-17H2,1H3,(H,22,23);1H. The summed E-state index contributed by atoms with van der Waals surface area (Å²) in [5.74, 6) is 1.41. The average Bonchev–Trinajstić information content (AvgIpc) is 3.19. The highest BCUT2D eigenvalue weighted by atomic mass is 127. The minimum atomic E-state index is -3.33. The summed E-state index contributed by atoms with van der Waals surface area (Å²) in [4.78, 5) is 6.57. The molecule has 2 aliphatic heterocycles. The predicted molar refractivity (Wildman–Crippen MR) is 132 cm³/mol. The van der Waals surface area contributed by atoms with E-state index >= 15 is 0 Å². The van der Waals surface area contributed by atoms with E-state index in [0.29, 0.717) is 19.0 Å². The average molecular weight is 551 g/mol. The number of aliphatic imine (C=N–C) groups is 1. The number of halogens is 1. The molecule has 2 atom stereocenters. The van der Waals surface area contributed by atoms with Crippen LogP contribution in [-0.4, -0.2) is 71.0 Å². The number of hydrogen-bond acceptors (Lipinski definition) is 4. The second kappa shape index (κ2) is 12.8. The molecule has 0 saturated carbocycles. The first-order chi connectivity index (χ1) is 14.1. The summed E-state index contributed by atoms with van der Waals surface area (Å²) in [6.07, 6.45) is 5.28. The Morgan fingerprint density at radius 1 is 1.23 bits per heavy atom. The van der Waals surface area contributed by atoms with Crippen molar-refractivity contribution in [1.29, 1.82) is 0 Å². The van der Waals surface area contributed by atoms with Gasteiger partial charge >= 0.3 is 0 Å². The van der Waals surface area contributed by atoms with E-state index in [4.69, 9.17) is 4.74 Å². The summed E-state index contributed by atoms with van der Waals surface area (Å²) in [6, 6.07) is 10.5. The van der Waals surface area contributed by atoms with Gasteiger partial charge in [0.25, 0.3) is 0 Å². The third-order valence-electron chi connectivity index (χ3n) is 5.62.